The topological polar surface area (TPSA) is 62.1 Å². The Morgan fingerprint density at radius 1 is 1.37 bits per heavy atom. The van der Waals surface area contributed by atoms with Gasteiger partial charge in [0, 0.05) is 6.54 Å². The maximum absolute atomic E-state index is 14.0. The zero-order valence-corrected chi connectivity index (χ0v) is 11.5. The number of rotatable bonds is 2. The van der Waals surface area contributed by atoms with E-state index in [0.29, 0.717) is 11.3 Å². The predicted molar refractivity (Wildman–Crippen MR) is 77.2 cm³/mol. The number of hydrogen-bond donors (Lipinski definition) is 4. The molecule has 5 N–H and O–H groups in total. The fourth-order valence-electron chi connectivity index (χ4n) is 2.00. The molecule has 0 aliphatic carbocycles. The molecule has 4 nitrogen and oxygen atoms in total. The molecule has 0 bridgehead atoms. The van der Waals surface area contributed by atoms with E-state index < -0.39 is 0 Å². The van der Waals surface area contributed by atoms with Gasteiger partial charge >= 0.3 is 0 Å². The average molecular weight is 264 g/mol. The van der Waals surface area contributed by atoms with E-state index in [-0.39, 0.29) is 17.5 Å². The van der Waals surface area contributed by atoms with Crippen LogP contribution in [-0.4, -0.2) is 12.8 Å². The van der Waals surface area contributed by atoms with Gasteiger partial charge in [-0.2, -0.15) is 0 Å². The Bertz CT molecular complexity index is 491. The van der Waals surface area contributed by atoms with E-state index in [1.54, 1.807) is 6.07 Å². The molecule has 0 spiro atoms. The summed E-state index contributed by atoms with van der Waals surface area (Å²) in [5, 5.41) is 9.55. The highest BCUT2D eigenvalue weighted by Gasteiger charge is 2.21. The molecule has 1 aliphatic rings. The highest BCUT2D eigenvalue weighted by molar-refractivity contribution is 5.68. The maximum Gasteiger partial charge on any atom is 0.152 e. The van der Waals surface area contributed by atoms with Gasteiger partial charge in [0.25, 0.3) is 0 Å². The van der Waals surface area contributed by atoms with Gasteiger partial charge in [0.05, 0.1) is 11.4 Å². The number of halogens is 1. The van der Waals surface area contributed by atoms with Crippen LogP contribution in [0, 0.1) is 5.82 Å². The fourth-order valence-corrected chi connectivity index (χ4v) is 2.00. The molecule has 1 aromatic carbocycles. The quantitative estimate of drug-likeness (QED) is 0.618. The van der Waals surface area contributed by atoms with Crippen molar-refractivity contribution in [1.82, 2.24) is 10.6 Å². The highest BCUT2D eigenvalue weighted by atomic mass is 19.1. The molecule has 1 unspecified atom stereocenters. The van der Waals surface area contributed by atoms with Crippen molar-refractivity contribution in [1.29, 1.82) is 0 Å². The molecule has 1 heterocycles. The van der Waals surface area contributed by atoms with Gasteiger partial charge in [0.15, 0.2) is 6.29 Å². The summed E-state index contributed by atoms with van der Waals surface area (Å²) in [7, 11) is 0. The van der Waals surface area contributed by atoms with Gasteiger partial charge in [0.2, 0.25) is 0 Å². The van der Waals surface area contributed by atoms with Crippen LogP contribution < -0.4 is 21.7 Å². The SMILES string of the molecule is CC(C)(C)c1cc(NC2NC=CCN2)c(N)cc1F. The van der Waals surface area contributed by atoms with Crippen LogP contribution in [0.4, 0.5) is 15.8 Å². The summed E-state index contributed by atoms with van der Waals surface area (Å²) >= 11 is 0. The molecule has 1 aliphatic heterocycles. The van der Waals surface area contributed by atoms with Gasteiger partial charge in [-0.3, -0.25) is 5.32 Å². The average Bonchev–Trinajstić information content (AvgIpc) is 2.32. The first-order chi connectivity index (χ1) is 8.88. The van der Waals surface area contributed by atoms with Crippen LogP contribution in [0.5, 0.6) is 0 Å². The fraction of sp³-hybridized carbons (Fsp3) is 0.429. The summed E-state index contributed by atoms with van der Waals surface area (Å²) in [6.07, 6.45) is 3.75. The summed E-state index contributed by atoms with van der Waals surface area (Å²) < 4.78 is 14.0. The van der Waals surface area contributed by atoms with Gasteiger partial charge in [-0.1, -0.05) is 26.8 Å². The van der Waals surface area contributed by atoms with Crippen LogP contribution in [0.3, 0.4) is 0 Å². The Hall–Kier alpha value is -1.75. The molecule has 19 heavy (non-hydrogen) atoms. The maximum atomic E-state index is 14.0. The standard InChI is InChI=1S/C14H21FN4/c1-14(2,3)9-7-12(11(16)8-10(9)15)19-13-17-5-4-6-18-13/h4-5,7-8,13,17-19H,6,16H2,1-3H3. The van der Waals surface area contributed by atoms with Crippen molar-refractivity contribution in [2.45, 2.75) is 32.5 Å². The zero-order chi connectivity index (χ0) is 14.0. The second-order valence-corrected chi connectivity index (χ2v) is 5.72. The Morgan fingerprint density at radius 2 is 2.11 bits per heavy atom. The minimum atomic E-state index is -0.264. The molecular weight excluding hydrogens is 243 g/mol. The number of nitrogens with one attached hydrogen (secondary N) is 3. The molecule has 5 heteroatoms. The van der Waals surface area contributed by atoms with Crippen molar-refractivity contribution in [3.8, 4) is 0 Å². The van der Waals surface area contributed by atoms with Gasteiger partial charge in [-0.05, 0) is 29.3 Å². The Labute approximate surface area is 113 Å². The van der Waals surface area contributed by atoms with E-state index in [4.69, 9.17) is 5.73 Å². The second-order valence-electron chi connectivity index (χ2n) is 5.72. The summed E-state index contributed by atoms with van der Waals surface area (Å²) in [5.74, 6) is -0.264. The van der Waals surface area contributed by atoms with E-state index in [1.165, 1.54) is 6.07 Å². The lowest BCUT2D eigenvalue weighted by Crippen LogP contribution is -2.48. The molecule has 0 aromatic heterocycles. The molecule has 0 radical (unpaired) electrons. The van der Waals surface area contributed by atoms with Crippen LogP contribution >= 0.6 is 0 Å². The minimum absolute atomic E-state index is 0.106. The monoisotopic (exact) mass is 264 g/mol. The summed E-state index contributed by atoms with van der Waals surface area (Å²) in [4.78, 5) is 0. The van der Waals surface area contributed by atoms with Gasteiger partial charge < -0.3 is 16.4 Å². The molecular formula is C14H21FN4. The van der Waals surface area contributed by atoms with E-state index in [2.05, 4.69) is 16.0 Å². The molecule has 1 atom stereocenters. The number of benzene rings is 1. The van der Waals surface area contributed by atoms with Crippen molar-refractivity contribution in [2.24, 2.45) is 0 Å². The van der Waals surface area contributed by atoms with Gasteiger partial charge in [-0.25, -0.2) is 4.39 Å². The van der Waals surface area contributed by atoms with Crippen molar-refractivity contribution >= 4 is 11.4 Å². The number of hydrogen-bond acceptors (Lipinski definition) is 4. The number of nitrogens with two attached hydrogens (primary N) is 1. The molecule has 104 valence electrons. The van der Waals surface area contributed by atoms with E-state index in [1.807, 2.05) is 33.0 Å². The predicted octanol–water partition coefficient (Wildman–Crippen LogP) is 2.11. The first kappa shape index (κ1) is 13.7. The number of anilines is 2. The van der Waals surface area contributed by atoms with Crippen LogP contribution in [0.15, 0.2) is 24.4 Å². The van der Waals surface area contributed by atoms with E-state index in [9.17, 15) is 4.39 Å². The van der Waals surface area contributed by atoms with Crippen molar-refractivity contribution in [3.05, 3.63) is 35.8 Å². The van der Waals surface area contributed by atoms with Crippen LogP contribution in [0.25, 0.3) is 0 Å². The molecule has 1 aromatic rings. The minimum Gasteiger partial charge on any atom is -0.397 e. The Balaban J connectivity index is 2.27. The van der Waals surface area contributed by atoms with Crippen molar-refractivity contribution < 1.29 is 4.39 Å². The van der Waals surface area contributed by atoms with Crippen LogP contribution in [-0.2, 0) is 5.41 Å². The summed E-state index contributed by atoms with van der Waals surface area (Å²) in [6.45, 7) is 6.71. The lowest BCUT2D eigenvalue weighted by molar-refractivity contribution is 0.517. The Morgan fingerprint density at radius 3 is 2.68 bits per heavy atom. The van der Waals surface area contributed by atoms with Crippen molar-refractivity contribution in [3.63, 3.8) is 0 Å². The van der Waals surface area contributed by atoms with Crippen LogP contribution in [0.2, 0.25) is 0 Å². The normalized spacial score (nSPS) is 19.1. The highest BCUT2D eigenvalue weighted by Crippen LogP contribution is 2.31. The molecule has 0 saturated heterocycles. The molecule has 2 rings (SSSR count). The van der Waals surface area contributed by atoms with E-state index >= 15 is 0 Å². The first-order valence-electron chi connectivity index (χ1n) is 6.38. The van der Waals surface area contributed by atoms with Crippen molar-refractivity contribution in [2.75, 3.05) is 17.6 Å². The third-order valence-electron chi connectivity index (χ3n) is 3.07. The lowest BCUT2D eigenvalue weighted by Gasteiger charge is -2.27. The largest absolute Gasteiger partial charge is 0.397 e. The van der Waals surface area contributed by atoms with Gasteiger partial charge in [-0.15, -0.1) is 0 Å². The summed E-state index contributed by atoms with van der Waals surface area (Å²) in [6, 6.07) is 3.16. The smallest absolute Gasteiger partial charge is 0.152 e. The van der Waals surface area contributed by atoms with Crippen LogP contribution in [0.1, 0.15) is 26.3 Å². The summed E-state index contributed by atoms with van der Waals surface area (Å²) in [5.41, 5.74) is 7.40. The Kier molecular flexibility index (Phi) is 3.66. The van der Waals surface area contributed by atoms with Gasteiger partial charge in [0.1, 0.15) is 5.82 Å². The molecule has 0 saturated carbocycles. The number of nitrogen functional groups attached to an aromatic ring is 1. The zero-order valence-electron chi connectivity index (χ0n) is 11.5. The first-order valence-corrected chi connectivity index (χ1v) is 6.38. The molecule has 0 fully saturated rings. The van der Waals surface area contributed by atoms with E-state index in [0.717, 1.165) is 12.2 Å². The molecule has 0 amide bonds. The lowest BCUT2D eigenvalue weighted by atomic mass is 9.86. The third-order valence-corrected chi connectivity index (χ3v) is 3.07. The second kappa shape index (κ2) is 5.09. The third kappa shape index (κ3) is 3.17.